The number of rotatable bonds is 5. The molecule has 0 aromatic heterocycles. The zero-order valence-corrected chi connectivity index (χ0v) is 14.9. The van der Waals surface area contributed by atoms with Crippen molar-refractivity contribution in [2.75, 3.05) is 0 Å². The second-order valence-electron chi connectivity index (χ2n) is 8.18. The quantitative estimate of drug-likeness (QED) is 0.858. The molecule has 132 valence electrons. The molecular weight excluding hydrogens is 300 g/mol. The van der Waals surface area contributed by atoms with Crippen molar-refractivity contribution in [2.24, 2.45) is 5.41 Å². The van der Waals surface area contributed by atoms with Crippen LogP contribution in [0.4, 0.5) is 4.79 Å². The summed E-state index contributed by atoms with van der Waals surface area (Å²) in [5, 5.41) is 6.73. The molecule has 3 rings (SSSR count). The van der Waals surface area contributed by atoms with Gasteiger partial charge in [0.25, 0.3) is 0 Å². The predicted molar refractivity (Wildman–Crippen MR) is 95.7 cm³/mol. The molecule has 0 aliphatic heterocycles. The van der Waals surface area contributed by atoms with Crippen LogP contribution in [0.25, 0.3) is 0 Å². The number of benzene rings is 1. The second-order valence-corrected chi connectivity index (χ2v) is 8.18. The average Bonchev–Trinajstić information content (AvgIpc) is 2.53. The summed E-state index contributed by atoms with van der Waals surface area (Å²) in [6, 6.07) is 11.2. The zero-order valence-electron chi connectivity index (χ0n) is 14.9. The van der Waals surface area contributed by atoms with Crippen LogP contribution in [0.5, 0.6) is 0 Å². The molecule has 4 nitrogen and oxygen atoms in total. The minimum absolute atomic E-state index is 0.255. The Kier molecular flexibility index (Phi) is 5.44. The van der Waals surface area contributed by atoms with Gasteiger partial charge in [-0.3, -0.25) is 0 Å². The number of carbonyl (C=O) groups excluding carboxylic acids is 1. The third-order valence-corrected chi connectivity index (χ3v) is 5.48. The van der Waals surface area contributed by atoms with Gasteiger partial charge in [-0.1, -0.05) is 44.2 Å². The van der Waals surface area contributed by atoms with Gasteiger partial charge in [-0.15, -0.1) is 0 Å². The van der Waals surface area contributed by atoms with Crippen molar-refractivity contribution in [3.63, 3.8) is 0 Å². The monoisotopic (exact) mass is 330 g/mol. The Labute approximate surface area is 145 Å². The van der Waals surface area contributed by atoms with Gasteiger partial charge < -0.3 is 15.4 Å². The van der Waals surface area contributed by atoms with Gasteiger partial charge in [0.15, 0.2) is 0 Å². The van der Waals surface area contributed by atoms with Gasteiger partial charge in [-0.2, -0.15) is 0 Å². The van der Waals surface area contributed by atoms with E-state index in [0.717, 1.165) is 18.4 Å². The minimum Gasteiger partial charge on any atom is -0.445 e. The smallest absolute Gasteiger partial charge is 0.407 e. The summed E-state index contributed by atoms with van der Waals surface area (Å²) >= 11 is 0. The van der Waals surface area contributed by atoms with Gasteiger partial charge in [-0.05, 0) is 49.5 Å². The highest BCUT2D eigenvalue weighted by Gasteiger charge is 2.34. The van der Waals surface area contributed by atoms with E-state index in [2.05, 4.69) is 24.5 Å². The Hall–Kier alpha value is -1.55. The first-order valence-electron chi connectivity index (χ1n) is 9.23. The number of ether oxygens (including phenoxy) is 1. The first kappa shape index (κ1) is 17.3. The first-order valence-corrected chi connectivity index (χ1v) is 9.23. The zero-order chi connectivity index (χ0) is 17.0. The van der Waals surface area contributed by atoms with Crippen molar-refractivity contribution < 1.29 is 9.53 Å². The molecule has 1 aromatic carbocycles. The average molecular weight is 330 g/mol. The summed E-state index contributed by atoms with van der Waals surface area (Å²) < 4.78 is 5.27. The van der Waals surface area contributed by atoms with Crippen LogP contribution in [-0.2, 0) is 11.3 Å². The molecule has 1 amide bonds. The highest BCUT2D eigenvalue weighted by Crippen LogP contribution is 2.35. The lowest BCUT2D eigenvalue weighted by molar-refractivity contribution is 0.120. The fourth-order valence-electron chi connectivity index (χ4n) is 3.70. The molecule has 4 heteroatoms. The maximum Gasteiger partial charge on any atom is 0.407 e. The van der Waals surface area contributed by atoms with Crippen LogP contribution in [0.3, 0.4) is 0 Å². The van der Waals surface area contributed by atoms with E-state index < -0.39 is 0 Å². The number of carbonyl (C=O) groups is 1. The molecule has 2 aliphatic carbocycles. The van der Waals surface area contributed by atoms with Crippen LogP contribution in [0, 0.1) is 5.41 Å². The Morgan fingerprint density at radius 1 is 1.08 bits per heavy atom. The van der Waals surface area contributed by atoms with E-state index in [0.29, 0.717) is 24.1 Å². The van der Waals surface area contributed by atoms with Crippen molar-refractivity contribution >= 4 is 6.09 Å². The molecular formula is C20H30N2O2. The SMILES string of the molecule is CC1(C)CCC(NC2CC(NC(=O)OCc3ccccc3)C2)CC1. The van der Waals surface area contributed by atoms with E-state index in [4.69, 9.17) is 4.74 Å². The topological polar surface area (TPSA) is 50.4 Å². The maximum atomic E-state index is 11.8. The first-order chi connectivity index (χ1) is 11.5. The third kappa shape index (κ3) is 4.97. The van der Waals surface area contributed by atoms with Crippen LogP contribution < -0.4 is 10.6 Å². The normalized spacial score (nSPS) is 26.4. The predicted octanol–water partition coefficient (Wildman–Crippen LogP) is 4.00. The molecule has 0 spiro atoms. The summed E-state index contributed by atoms with van der Waals surface area (Å²) in [4.78, 5) is 11.8. The molecule has 0 bridgehead atoms. The van der Waals surface area contributed by atoms with Crippen LogP contribution in [0.1, 0.15) is 57.9 Å². The fourth-order valence-corrected chi connectivity index (χ4v) is 3.70. The Morgan fingerprint density at radius 3 is 2.42 bits per heavy atom. The molecule has 2 aliphatic rings. The highest BCUT2D eigenvalue weighted by atomic mass is 16.5. The summed E-state index contributed by atoms with van der Waals surface area (Å²) in [7, 11) is 0. The van der Waals surface area contributed by atoms with Gasteiger partial charge in [-0.25, -0.2) is 4.79 Å². The van der Waals surface area contributed by atoms with E-state index in [1.165, 1.54) is 25.7 Å². The lowest BCUT2D eigenvalue weighted by atomic mass is 9.75. The van der Waals surface area contributed by atoms with Crippen LogP contribution in [0.2, 0.25) is 0 Å². The summed E-state index contributed by atoms with van der Waals surface area (Å²) in [5.41, 5.74) is 1.53. The van der Waals surface area contributed by atoms with Gasteiger partial charge in [0.2, 0.25) is 0 Å². The van der Waals surface area contributed by atoms with Gasteiger partial charge >= 0.3 is 6.09 Å². The van der Waals surface area contributed by atoms with Crippen LogP contribution >= 0.6 is 0 Å². The van der Waals surface area contributed by atoms with E-state index >= 15 is 0 Å². The molecule has 0 unspecified atom stereocenters. The van der Waals surface area contributed by atoms with Crippen molar-refractivity contribution in [1.29, 1.82) is 0 Å². The molecule has 0 radical (unpaired) electrons. The summed E-state index contributed by atoms with van der Waals surface area (Å²) in [6.45, 7) is 5.07. The highest BCUT2D eigenvalue weighted by molar-refractivity contribution is 5.67. The van der Waals surface area contributed by atoms with Crippen molar-refractivity contribution in [3.8, 4) is 0 Å². The van der Waals surface area contributed by atoms with E-state index in [9.17, 15) is 4.79 Å². The lowest BCUT2D eigenvalue weighted by Crippen LogP contribution is -2.55. The largest absolute Gasteiger partial charge is 0.445 e. The Morgan fingerprint density at radius 2 is 1.75 bits per heavy atom. The van der Waals surface area contributed by atoms with Crippen LogP contribution in [-0.4, -0.2) is 24.2 Å². The molecule has 2 N–H and O–H groups in total. The van der Waals surface area contributed by atoms with E-state index in [1.807, 2.05) is 30.3 Å². The van der Waals surface area contributed by atoms with Gasteiger partial charge in [0, 0.05) is 18.1 Å². The third-order valence-electron chi connectivity index (χ3n) is 5.48. The summed E-state index contributed by atoms with van der Waals surface area (Å²) in [5.74, 6) is 0. The second kappa shape index (κ2) is 7.56. The van der Waals surface area contributed by atoms with E-state index in [-0.39, 0.29) is 12.1 Å². The van der Waals surface area contributed by atoms with Crippen LogP contribution in [0.15, 0.2) is 30.3 Å². The number of amides is 1. The molecule has 2 saturated carbocycles. The molecule has 1 aromatic rings. The number of alkyl carbamates (subject to hydrolysis) is 1. The molecule has 24 heavy (non-hydrogen) atoms. The standard InChI is InChI=1S/C20H30N2O2/c1-20(2)10-8-16(9-11-20)21-17-12-18(13-17)22-19(23)24-14-15-6-4-3-5-7-15/h3-7,16-18,21H,8-14H2,1-2H3,(H,22,23). The summed E-state index contributed by atoms with van der Waals surface area (Å²) in [6.07, 6.45) is 6.90. The minimum atomic E-state index is -0.304. The molecule has 0 saturated heterocycles. The fraction of sp³-hybridized carbons (Fsp3) is 0.650. The van der Waals surface area contributed by atoms with Crippen molar-refractivity contribution in [2.45, 2.75) is 77.1 Å². The number of hydrogen-bond acceptors (Lipinski definition) is 3. The van der Waals surface area contributed by atoms with Crippen molar-refractivity contribution in [1.82, 2.24) is 10.6 Å². The lowest BCUT2D eigenvalue weighted by Gasteiger charge is -2.41. The van der Waals surface area contributed by atoms with Gasteiger partial charge in [0.05, 0.1) is 0 Å². The van der Waals surface area contributed by atoms with Crippen molar-refractivity contribution in [3.05, 3.63) is 35.9 Å². The molecule has 2 fully saturated rings. The molecule has 0 heterocycles. The van der Waals surface area contributed by atoms with Gasteiger partial charge in [0.1, 0.15) is 6.61 Å². The molecule has 0 atom stereocenters. The number of hydrogen-bond donors (Lipinski definition) is 2. The maximum absolute atomic E-state index is 11.8. The Balaban J connectivity index is 1.29. The van der Waals surface area contributed by atoms with E-state index in [1.54, 1.807) is 0 Å². The number of nitrogens with one attached hydrogen (secondary N) is 2. The Bertz CT molecular complexity index is 528.